The van der Waals surface area contributed by atoms with Crippen molar-refractivity contribution in [1.82, 2.24) is 9.78 Å². The van der Waals surface area contributed by atoms with Crippen LogP contribution in [-0.2, 0) is 0 Å². The molecular weight excluding hydrogens is 208 g/mol. The molecule has 0 atom stereocenters. The molecule has 0 aromatic carbocycles. The van der Waals surface area contributed by atoms with E-state index in [1.54, 1.807) is 4.68 Å². The summed E-state index contributed by atoms with van der Waals surface area (Å²) in [6.07, 6.45) is 6.20. The van der Waals surface area contributed by atoms with E-state index in [0.29, 0.717) is 0 Å². The fourth-order valence-corrected chi connectivity index (χ4v) is 2.09. The Bertz CT molecular complexity index is 426. The van der Waals surface area contributed by atoms with Crippen molar-refractivity contribution >= 4 is 5.69 Å². The van der Waals surface area contributed by atoms with Gasteiger partial charge in [-0.15, -0.1) is 0 Å². The number of hydrogen-bond donors (Lipinski definition) is 0. The average molecular weight is 220 g/mol. The molecule has 0 saturated heterocycles. The fraction of sp³-hybridized carbons (Fsp3) is 0.600. The van der Waals surface area contributed by atoms with Crippen LogP contribution < -0.4 is 0 Å². The van der Waals surface area contributed by atoms with Crippen molar-refractivity contribution in [3.8, 4) is 6.07 Å². The molecule has 1 aromatic heterocycles. The second-order valence-electron chi connectivity index (χ2n) is 4.07. The molecule has 6 nitrogen and oxygen atoms in total. The van der Waals surface area contributed by atoms with Crippen molar-refractivity contribution in [3.05, 3.63) is 22.5 Å². The maximum Gasteiger partial charge on any atom is 0.307 e. The Hall–Kier alpha value is -1.90. The van der Waals surface area contributed by atoms with Gasteiger partial charge in [-0.1, -0.05) is 0 Å². The summed E-state index contributed by atoms with van der Waals surface area (Å²) in [7, 11) is 0. The molecule has 0 bridgehead atoms. The van der Waals surface area contributed by atoms with Crippen LogP contribution in [0, 0.1) is 27.4 Å². The molecule has 1 heterocycles. The van der Waals surface area contributed by atoms with Crippen molar-refractivity contribution < 1.29 is 4.92 Å². The molecule has 0 amide bonds. The summed E-state index contributed by atoms with van der Waals surface area (Å²) in [5.41, 5.74) is 0.0300. The maximum atomic E-state index is 10.5. The molecule has 0 unspecified atom stereocenters. The number of nitriles is 1. The molecule has 0 radical (unpaired) electrons. The van der Waals surface area contributed by atoms with Crippen LogP contribution in [0.3, 0.4) is 0 Å². The van der Waals surface area contributed by atoms with Crippen molar-refractivity contribution in [2.24, 2.45) is 5.92 Å². The standard InChI is InChI=1S/C10H12N4O2/c11-5-8-1-3-9(4-2-8)13-7-10(6-12-13)14(15)16/h6-9H,1-4H2. The molecule has 1 aliphatic carbocycles. The van der Waals surface area contributed by atoms with Crippen LogP contribution in [0.4, 0.5) is 5.69 Å². The van der Waals surface area contributed by atoms with Crippen LogP contribution in [0.5, 0.6) is 0 Å². The van der Waals surface area contributed by atoms with Gasteiger partial charge < -0.3 is 0 Å². The lowest BCUT2D eigenvalue weighted by atomic mass is 9.87. The van der Waals surface area contributed by atoms with Gasteiger partial charge in [0.15, 0.2) is 0 Å². The molecule has 84 valence electrons. The number of nitrogens with zero attached hydrogens (tertiary/aromatic N) is 4. The van der Waals surface area contributed by atoms with E-state index >= 15 is 0 Å². The van der Waals surface area contributed by atoms with E-state index in [0.717, 1.165) is 25.7 Å². The van der Waals surface area contributed by atoms with E-state index in [1.165, 1.54) is 12.4 Å². The minimum Gasteiger partial charge on any atom is -0.263 e. The number of rotatable bonds is 2. The quantitative estimate of drug-likeness (QED) is 0.563. The first-order valence-electron chi connectivity index (χ1n) is 5.29. The summed E-state index contributed by atoms with van der Waals surface area (Å²) in [6, 6.07) is 2.47. The van der Waals surface area contributed by atoms with Crippen molar-refractivity contribution in [3.63, 3.8) is 0 Å². The largest absolute Gasteiger partial charge is 0.307 e. The molecule has 1 saturated carbocycles. The zero-order chi connectivity index (χ0) is 11.5. The summed E-state index contributed by atoms with van der Waals surface area (Å²) in [5.74, 6) is 0.141. The zero-order valence-corrected chi connectivity index (χ0v) is 8.74. The van der Waals surface area contributed by atoms with Gasteiger partial charge in [0.2, 0.25) is 0 Å². The Morgan fingerprint density at radius 3 is 2.69 bits per heavy atom. The lowest BCUT2D eigenvalue weighted by molar-refractivity contribution is -0.385. The normalized spacial score (nSPS) is 24.9. The zero-order valence-electron chi connectivity index (χ0n) is 8.74. The molecule has 1 fully saturated rings. The average Bonchev–Trinajstić information content (AvgIpc) is 2.78. The molecular formula is C10H12N4O2. The summed E-state index contributed by atoms with van der Waals surface area (Å²) < 4.78 is 1.66. The number of hydrogen-bond acceptors (Lipinski definition) is 4. The maximum absolute atomic E-state index is 10.5. The highest BCUT2D eigenvalue weighted by atomic mass is 16.6. The number of nitro groups is 1. The van der Waals surface area contributed by atoms with Crippen LogP contribution in [0.2, 0.25) is 0 Å². The molecule has 1 aliphatic rings. The first-order valence-corrected chi connectivity index (χ1v) is 5.29. The highest BCUT2D eigenvalue weighted by Crippen LogP contribution is 2.31. The van der Waals surface area contributed by atoms with Gasteiger partial charge in [-0.25, -0.2) is 0 Å². The van der Waals surface area contributed by atoms with Crippen LogP contribution in [0.15, 0.2) is 12.4 Å². The Kier molecular flexibility index (Phi) is 2.86. The minimum absolute atomic E-state index is 0.0300. The van der Waals surface area contributed by atoms with Crippen molar-refractivity contribution in [1.29, 1.82) is 5.26 Å². The van der Waals surface area contributed by atoms with Crippen molar-refractivity contribution in [2.45, 2.75) is 31.7 Å². The molecule has 0 N–H and O–H groups in total. The van der Waals surface area contributed by atoms with Crippen LogP contribution in [0.1, 0.15) is 31.7 Å². The molecule has 0 aliphatic heterocycles. The highest BCUT2D eigenvalue weighted by Gasteiger charge is 2.23. The molecule has 1 aromatic rings. The van der Waals surface area contributed by atoms with Gasteiger partial charge >= 0.3 is 5.69 Å². The Balaban J connectivity index is 2.03. The Morgan fingerprint density at radius 1 is 1.50 bits per heavy atom. The summed E-state index contributed by atoms with van der Waals surface area (Å²) in [4.78, 5) is 10.1. The topological polar surface area (TPSA) is 84.8 Å². The van der Waals surface area contributed by atoms with Gasteiger partial charge in [-0.2, -0.15) is 10.4 Å². The Morgan fingerprint density at radius 2 is 2.19 bits per heavy atom. The monoisotopic (exact) mass is 220 g/mol. The van der Waals surface area contributed by atoms with E-state index in [9.17, 15) is 10.1 Å². The molecule has 16 heavy (non-hydrogen) atoms. The fourth-order valence-electron chi connectivity index (χ4n) is 2.09. The summed E-state index contributed by atoms with van der Waals surface area (Å²) in [5, 5.41) is 23.3. The van der Waals surface area contributed by atoms with Gasteiger partial charge in [0.25, 0.3) is 0 Å². The van der Waals surface area contributed by atoms with E-state index in [1.807, 2.05) is 0 Å². The van der Waals surface area contributed by atoms with Gasteiger partial charge in [0.1, 0.15) is 12.4 Å². The first-order chi connectivity index (χ1) is 7.70. The van der Waals surface area contributed by atoms with E-state index < -0.39 is 4.92 Å². The van der Waals surface area contributed by atoms with Crippen LogP contribution in [-0.4, -0.2) is 14.7 Å². The minimum atomic E-state index is -0.440. The second-order valence-corrected chi connectivity index (χ2v) is 4.07. The second kappa shape index (κ2) is 4.31. The lowest BCUT2D eigenvalue weighted by Gasteiger charge is -2.24. The van der Waals surface area contributed by atoms with Gasteiger partial charge in [-0.05, 0) is 25.7 Å². The number of aromatic nitrogens is 2. The third-order valence-corrected chi connectivity index (χ3v) is 3.05. The highest BCUT2D eigenvalue weighted by molar-refractivity contribution is 5.21. The van der Waals surface area contributed by atoms with E-state index in [-0.39, 0.29) is 17.6 Å². The lowest BCUT2D eigenvalue weighted by Crippen LogP contribution is -2.17. The smallest absolute Gasteiger partial charge is 0.263 e. The van der Waals surface area contributed by atoms with Gasteiger partial charge in [0.05, 0.1) is 17.0 Å². The van der Waals surface area contributed by atoms with Crippen LogP contribution >= 0.6 is 0 Å². The predicted octanol–water partition coefficient (Wildman–Crippen LogP) is 2.05. The third kappa shape index (κ3) is 2.03. The molecule has 6 heteroatoms. The van der Waals surface area contributed by atoms with Crippen molar-refractivity contribution in [2.75, 3.05) is 0 Å². The predicted molar refractivity (Wildman–Crippen MR) is 55.5 cm³/mol. The molecule has 2 rings (SSSR count). The van der Waals surface area contributed by atoms with Gasteiger partial charge in [-0.3, -0.25) is 14.8 Å². The van der Waals surface area contributed by atoms with Gasteiger partial charge in [0, 0.05) is 5.92 Å². The van der Waals surface area contributed by atoms with E-state index in [2.05, 4.69) is 11.2 Å². The Labute approximate surface area is 92.6 Å². The SMILES string of the molecule is N#CC1CCC(n2cc([N+](=O)[O-])cn2)CC1. The van der Waals surface area contributed by atoms with Crippen LogP contribution in [0.25, 0.3) is 0 Å². The molecule has 0 spiro atoms. The first kappa shape index (κ1) is 10.6. The summed E-state index contributed by atoms with van der Waals surface area (Å²) >= 11 is 0. The third-order valence-electron chi connectivity index (χ3n) is 3.05. The van der Waals surface area contributed by atoms with E-state index in [4.69, 9.17) is 5.26 Å². The summed E-state index contributed by atoms with van der Waals surface area (Å²) in [6.45, 7) is 0.